The Balaban J connectivity index is 2.17. The number of hydrogen-bond donors (Lipinski definition) is 2. The second kappa shape index (κ2) is 7.66. The largest absolute Gasteiger partial charge is 0.351 e. The van der Waals surface area contributed by atoms with Crippen molar-refractivity contribution >= 4 is 5.91 Å². The highest BCUT2D eigenvalue weighted by molar-refractivity contribution is 5.94. The van der Waals surface area contributed by atoms with Gasteiger partial charge in [0.2, 0.25) is 0 Å². The average molecular weight is 273 g/mol. The minimum atomic E-state index is -0.294. The number of rotatable bonds is 7. The Labute approximate surface area is 121 Å². The number of nitrogens with one attached hydrogen (secondary N) is 2. The number of amides is 1. The fraction of sp³-hybridized carbons (Fsp3) is 0.500. The minimum Gasteiger partial charge on any atom is -0.351 e. The zero-order valence-corrected chi connectivity index (χ0v) is 12.5. The van der Waals surface area contributed by atoms with Gasteiger partial charge in [-0.3, -0.25) is 4.79 Å². The van der Waals surface area contributed by atoms with Crippen LogP contribution in [-0.4, -0.2) is 25.5 Å². The molecule has 1 aromatic rings. The first-order chi connectivity index (χ1) is 9.44. The minimum absolute atomic E-state index is 0.0517. The van der Waals surface area contributed by atoms with E-state index in [2.05, 4.69) is 16.7 Å². The van der Waals surface area contributed by atoms with E-state index >= 15 is 0 Å². The van der Waals surface area contributed by atoms with E-state index in [9.17, 15) is 4.79 Å². The Morgan fingerprint density at radius 1 is 1.20 bits per heavy atom. The van der Waals surface area contributed by atoms with Crippen LogP contribution in [0.15, 0.2) is 24.3 Å². The van der Waals surface area contributed by atoms with E-state index < -0.39 is 0 Å². The van der Waals surface area contributed by atoms with Gasteiger partial charge in [-0.15, -0.1) is 0 Å². The third kappa shape index (κ3) is 5.85. The summed E-state index contributed by atoms with van der Waals surface area (Å²) in [5.74, 6) is -0.0517. The molecular weight excluding hydrogens is 250 g/mol. The zero-order valence-electron chi connectivity index (χ0n) is 12.5. The molecule has 0 spiro atoms. The third-order valence-electron chi connectivity index (χ3n) is 3.13. The summed E-state index contributed by atoms with van der Waals surface area (Å²) in [6.07, 6.45) is 0.801. The van der Waals surface area contributed by atoms with Crippen LogP contribution in [0.3, 0.4) is 0 Å². The Morgan fingerprint density at radius 3 is 2.45 bits per heavy atom. The highest BCUT2D eigenvalue weighted by Crippen LogP contribution is 2.16. The van der Waals surface area contributed by atoms with E-state index in [4.69, 9.17) is 5.26 Å². The summed E-state index contributed by atoms with van der Waals surface area (Å²) in [5.41, 5.74) is 1.53. The smallest absolute Gasteiger partial charge is 0.251 e. The number of nitrogens with zero attached hydrogens (tertiary/aromatic N) is 1. The quantitative estimate of drug-likeness (QED) is 0.749. The van der Waals surface area contributed by atoms with Gasteiger partial charge in [0.1, 0.15) is 0 Å². The van der Waals surface area contributed by atoms with E-state index in [1.54, 1.807) is 0 Å². The number of carbonyl (C=O) groups is 1. The topological polar surface area (TPSA) is 64.9 Å². The lowest BCUT2D eigenvalue weighted by molar-refractivity contribution is 0.0954. The molecule has 0 atom stereocenters. The van der Waals surface area contributed by atoms with Crippen molar-refractivity contribution in [3.05, 3.63) is 35.4 Å². The van der Waals surface area contributed by atoms with Crippen LogP contribution in [0.5, 0.6) is 0 Å². The highest BCUT2D eigenvalue weighted by atomic mass is 16.1. The van der Waals surface area contributed by atoms with Gasteiger partial charge in [-0.05, 0) is 45.9 Å². The Kier molecular flexibility index (Phi) is 6.20. The predicted molar refractivity (Wildman–Crippen MR) is 80.4 cm³/mol. The van der Waals surface area contributed by atoms with Crippen LogP contribution in [-0.2, 0) is 0 Å². The molecule has 0 aliphatic heterocycles. The zero-order chi connectivity index (χ0) is 15.0. The van der Waals surface area contributed by atoms with Gasteiger partial charge in [0, 0.05) is 18.7 Å². The molecule has 20 heavy (non-hydrogen) atoms. The van der Waals surface area contributed by atoms with Crippen LogP contribution >= 0.6 is 0 Å². The molecule has 0 aromatic heterocycles. The highest BCUT2D eigenvalue weighted by Gasteiger charge is 2.15. The molecule has 0 saturated heterocycles. The van der Waals surface area contributed by atoms with E-state index in [0.717, 1.165) is 18.5 Å². The second-order valence-corrected chi connectivity index (χ2v) is 5.62. The van der Waals surface area contributed by atoms with E-state index in [-0.39, 0.29) is 11.3 Å². The van der Waals surface area contributed by atoms with Crippen LogP contribution in [0.2, 0.25) is 0 Å². The van der Waals surface area contributed by atoms with Gasteiger partial charge in [0.25, 0.3) is 5.91 Å². The molecule has 108 valence electrons. The lowest BCUT2D eigenvalue weighted by atomic mass is 9.92. The first-order valence-electron chi connectivity index (χ1n) is 6.91. The summed E-state index contributed by atoms with van der Waals surface area (Å²) in [5, 5.41) is 15.0. The fourth-order valence-corrected chi connectivity index (χ4v) is 1.65. The summed E-state index contributed by atoms with van der Waals surface area (Å²) in [6, 6.07) is 9.78. The van der Waals surface area contributed by atoms with Crippen molar-refractivity contribution in [1.82, 2.24) is 10.6 Å². The summed E-state index contributed by atoms with van der Waals surface area (Å²) in [7, 11) is 0. The lowest BCUT2D eigenvalue weighted by Crippen LogP contribution is -2.33. The Morgan fingerprint density at radius 2 is 1.85 bits per heavy atom. The molecule has 4 heteroatoms. The van der Waals surface area contributed by atoms with Gasteiger partial charge in [0.15, 0.2) is 0 Å². The third-order valence-corrected chi connectivity index (χ3v) is 3.13. The normalized spacial score (nSPS) is 10.9. The monoisotopic (exact) mass is 273 g/mol. The average Bonchev–Trinajstić information content (AvgIpc) is 2.43. The number of benzene rings is 1. The maximum Gasteiger partial charge on any atom is 0.251 e. The van der Waals surface area contributed by atoms with Gasteiger partial charge in [-0.25, -0.2) is 0 Å². The molecule has 0 aliphatic carbocycles. The Hall–Kier alpha value is -1.86. The SMILES string of the molecule is Cc1ccc(C(=O)NCCNCCC(C)(C)C#N)cc1. The number of hydrogen-bond acceptors (Lipinski definition) is 3. The van der Waals surface area contributed by atoms with Gasteiger partial charge in [-0.2, -0.15) is 5.26 Å². The first-order valence-corrected chi connectivity index (χ1v) is 6.91. The molecule has 2 N–H and O–H groups in total. The number of nitriles is 1. The van der Waals surface area contributed by atoms with Crippen LogP contribution in [0.25, 0.3) is 0 Å². The fourth-order valence-electron chi connectivity index (χ4n) is 1.65. The summed E-state index contributed by atoms with van der Waals surface area (Å²) in [4.78, 5) is 11.8. The summed E-state index contributed by atoms with van der Waals surface area (Å²) in [6.45, 7) is 7.91. The maximum absolute atomic E-state index is 11.8. The number of aryl methyl sites for hydroxylation is 1. The molecule has 1 aromatic carbocycles. The van der Waals surface area contributed by atoms with Crippen molar-refractivity contribution in [3.8, 4) is 6.07 Å². The van der Waals surface area contributed by atoms with E-state index in [1.165, 1.54) is 0 Å². The molecule has 0 unspecified atom stereocenters. The predicted octanol–water partition coefficient (Wildman–Crippen LogP) is 2.25. The first kappa shape index (κ1) is 16.2. The summed E-state index contributed by atoms with van der Waals surface area (Å²) < 4.78 is 0. The molecule has 1 rings (SSSR count). The Bertz CT molecular complexity index is 471. The molecule has 0 bridgehead atoms. The molecular formula is C16H23N3O. The summed E-state index contributed by atoms with van der Waals surface area (Å²) >= 11 is 0. The molecule has 1 amide bonds. The lowest BCUT2D eigenvalue weighted by Gasteiger charge is -2.15. The van der Waals surface area contributed by atoms with E-state index in [0.29, 0.717) is 18.7 Å². The van der Waals surface area contributed by atoms with Crippen LogP contribution in [0.1, 0.15) is 36.2 Å². The van der Waals surface area contributed by atoms with Crippen molar-refractivity contribution in [3.63, 3.8) is 0 Å². The maximum atomic E-state index is 11.8. The molecule has 0 radical (unpaired) electrons. The van der Waals surface area contributed by atoms with Crippen molar-refractivity contribution in [2.75, 3.05) is 19.6 Å². The van der Waals surface area contributed by atoms with Crippen molar-refractivity contribution in [2.45, 2.75) is 27.2 Å². The van der Waals surface area contributed by atoms with Crippen LogP contribution in [0.4, 0.5) is 0 Å². The van der Waals surface area contributed by atoms with Gasteiger partial charge >= 0.3 is 0 Å². The standard InChI is InChI=1S/C16H23N3O/c1-13-4-6-14(7-5-13)15(20)19-11-10-18-9-8-16(2,3)12-17/h4-7,18H,8-11H2,1-3H3,(H,19,20). The van der Waals surface area contributed by atoms with Crippen molar-refractivity contribution in [2.24, 2.45) is 5.41 Å². The van der Waals surface area contributed by atoms with Crippen LogP contribution in [0, 0.1) is 23.7 Å². The van der Waals surface area contributed by atoms with Gasteiger partial charge < -0.3 is 10.6 Å². The van der Waals surface area contributed by atoms with Gasteiger partial charge in [-0.1, -0.05) is 17.7 Å². The molecule has 0 aliphatic rings. The molecule has 0 heterocycles. The van der Waals surface area contributed by atoms with Crippen LogP contribution < -0.4 is 10.6 Å². The van der Waals surface area contributed by atoms with Crippen molar-refractivity contribution < 1.29 is 4.79 Å². The van der Waals surface area contributed by atoms with Gasteiger partial charge in [0.05, 0.1) is 11.5 Å². The number of carbonyl (C=O) groups excluding carboxylic acids is 1. The van der Waals surface area contributed by atoms with Crippen molar-refractivity contribution in [1.29, 1.82) is 5.26 Å². The van der Waals surface area contributed by atoms with E-state index in [1.807, 2.05) is 45.0 Å². The molecule has 4 nitrogen and oxygen atoms in total. The molecule has 0 saturated carbocycles. The molecule has 0 fully saturated rings. The second-order valence-electron chi connectivity index (χ2n) is 5.62.